The van der Waals surface area contributed by atoms with Crippen LogP contribution in [0, 0.1) is 0 Å². The van der Waals surface area contributed by atoms with E-state index in [1.165, 1.54) is 4.88 Å². The van der Waals surface area contributed by atoms with Crippen LogP contribution in [-0.2, 0) is 22.5 Å². The van der Waals surface area contributed by atoms with E-state index in [0.29, 0.717) is 49.1 Å². The van der Waals surface area contributed by atoms with Gasteiger partial charge in [0.25, 0.3) is 0 Å². The van der Waals surface area contributed by atoms with Gasteiger partial charge in [0.2, 0.25) is 17.6 Å². The van der Waals surface area contributed by atoms with Gasteiger partial charge in [0.15, 0.2) is 0 Å². The molecule has 1 fully saturated rings. The molecule has 6 nitrogen and oxygen atoms in total. The molecular formula is C22H24ClN3O3S. The lowest BCUT2D eigenvalue weighted by Gasteiger charge is -2.25. The molecule has 0 aliphatic carbocycles. The van der Waals surface area contributed by atoms with Gasteiger partial charge in [-0.15, -0.1) is 11.3 Å². The Bertz CT molecular complexity index is 937. The number of rotatable bonds is 9. The number of hydrogen-bond donors (Lipinski definition) is 0. The van der Waals surface area contributed by atoms with Crippen LogP contribution in [0.3, 0.4) is 0 Å². The summed E-state index contributed by atoms with van der Waals surface area (Å²) in [5.41, 5.74) is 0.851. The number of nitrogens with zero attached hydrogens (tertiary/aromatic N) is 3. The third-order valence-corrected chi connectivity index (χ3v) is 6.19. The molecule has 30 heavy (non-hydrogen) atoms. The van der Waals surface area contributed by atoms with Gasteiger partial charge in [-0.05, 0) is 55.0 Å². The van der Waals surface area contributed by atoms with Gasteiger partial charge in [0, 0.05) is 41.5 Å². The molecule has 1 unspecified atom stereocenters. The average Bonchev–Trinajstić information content (AvgIpc) is 3.51. The van der Waals surface area contributed by atoms with Crippen LogP contribution in [0.5, 0.6) is 0 Å². The summed E-state index contributed by atoms with van der Waals surface area (Å²) in [6.07, 6.45) is 3.90. The maximum absolute atomic E-state index is 12.9. The molecular weight excluding hydrogens is 422 g/mol. The smallest absolute Gasteiger partial charge is 0.226 e. The highest BCUT2D eigenvalue weighted by atomic mass is 35.5. The predicted octanol–water partition coefficient (Wildman–Crippen LogP) is 4.98. The van der Waals surface area contributed by atoms with Crippen LogP contribution in [-0.4, -0.2) is 40.2 Å². The van der Waals surface area contributed by atoms with Crippen molar-refractivity contribution in [1.82, 2.24) is 15.0 Å². The second-order valence-electron chi connectivity index (χ2n) is 7.36. The summed E-state index contributed by atoms with van der Waals surface area (Å²) in [7, 11) is 0. The van der Waals surface area contributed by atoms with E-state index in [1.807, 2.05) is 28.5 Å². The van der Waals surface area contributed by atoms with Crippen molar-refractivity contribution in [3.8, 4) is 11.4 Å². The van der Waals surface area contributed by atoms with Gasteiger partial charge in [0.1, 0.15) is 0 Å². The van der Waals surface area contributed by atoms with Crippen molar-refractivity contribution in [2.24, 2.45) is 0 Å². The van der Waals surface area contributed by atoms with Crippen LogP contribution in [0.2, 0.25) is 5.02 Å². The number of ether oxygens (including phenoxy) is 1. The van der Waals surface area contributed by atoms with Crippen LogP contribution in [0.25, 0.3) is 11.4 Å². The highest BCUT2D eigenvalue weighted by Gasteiger charge is 2.23. The minimum Gasteiger partial charge on any atom is -0.376 e. The average molecular weight is 446 g/mol. The van der Waals surface area contributed by atoms with Crippen molar-refractivity contribution < 1.29 is 14.1 Å². The lowest BCUT2D eigenvalue weighted by Crippen LogP contribution is -2.36. The van der Waals surface area contributed by atoms with Gasteiger partial charge in [-0.3, -0.25) is 4.79 Å². The first-order valence-electron chi connectivity index (χ1n) is 10.2. The molecule has 1 aliphatic heterocycles. The number of aromatic nitrogens is 2. The maximum Gasteiger partial charge on any atom is 0.226 e. The number of benzene rings is 1. The second kappa shape index (κ2) is 10.2. The molecule has 0 bridgehead atoms. The van der Waals surface area contributed by atoms with Gasteiger partial charge < -0.3 is 14.2 Å². The normalized spacial score (nSPS) is 16.1. The molecule has 1 atom stereocenters. The Morgan fingerprint density at radius 1 is 1.27 bits per heavy atom. The zero-order chi connectivity index (χ0) is 20.8. The van der Waals surface area contributed by atoms with Crippen molar-refractivity contribution in [3.05, 3.63) is 57.6 Å². The van der Waals surface area contributed by atoms with E-state index in [4.69, 9.17) is 20.9 Å². The summed E-state index contributed by atoms with van der Waals surface area (Å²) in [5.74, 6) is 1.21. The molecule has 4 rings (SSSR count). The van der Waals surface area contributed by atoms with E-state index < -0.39 is 0 Å². The second-order valence-corrected chi connectivity index (χ2v) is 8.83. The number of hydrogen-bond acceptors (Lipinski definition) is 6. The molecule has 1 saturated heterocycles. The first-order chi connectivity index (χ1) is 14.7. The molecule has 3 heterocycles. The molecule has 0 saturated carbocycles. The van der Waals surface area contributed by atoms with Gasteiger partial charge in [-0.25, -0.2) is 0 Å². The third kappa shape index (κ3) is 5.68. The lowest BCUT2D eigenvalue weighted by molar-refractivity contribution is -0.133. The summed E-state index contributed by atoms with van der Waals surface area (Å²) in [4.78, 5) is 20.4. The summed E-state index contributed by atoms with van der Waals surface area (Å²) in [5, 5.41) is 6.73. The topological polar surface area (TPSA) is 68.5 Å². The largest absolute Gasteiger partial charge is 0.376 e. The van der Waals surface area contributed by atoms with Crippen LogP contribution in [0.15, 0.2) is 46.3 Å². The van der Waals surface area contributed by atoms with Crippen molar-refractivity contribution in [1.29, 1.82) is 0 Å². The van der Waals surface area contributed by atoms with Crippen LogP contribution in [0.1, 0.15) is 36.5 Å². The molecule has 1 amide bonds. The monoisotopic (exact) mass is 445 g/mol. The van der Waals surface area contributed by atoms with E-state index in [2.05, 4.69) is 16.2 Å². The summed E-state index contributed by atoms with van der Waals surface area (Å²) < 4.78 is 11.1. The first kappa shape index (κ1) is 21.0. The summed E-state index contributed by atoms with van der Waals surface area (Å²) >= 11 is 7.59. The standard InChI is InChI=1S/C22H24ClN3O3S/c23-17-10-8-16(9-11-17)22-24-20(29-25-22)6-1-7-21(27)26(14-18-4-2-12-28-18)15-19-5-3-13-30-19/h3,5,8-11,13,18H,1-2,4,6-7,12,14-15H2. The Balaban J connectivity index is 1.31. The van der Waals surface area contributed by atoms with Crippen molar-refractivity contribution in [2.75, 3.05) is 13.2 Å². The van der Waals surface area contributed by atoms with Gasteiger partial charge in [0.05, 0.1) is 12.6 Å². The van der Waals surface area contributed by atoms with Crippen LogP contribution < -0.4 is 0 Å². The molecule has 2 aromatic heterocycles. The predicted molar refractivity (Wildman–Crippen MR) is 116 cm³/mol. The van der Waals surface area contributed by atoms with E-state index >= 15 is 0 Å². The number of halogens is 1. The van der Waals surface area contributed by atoms with E-state index in [-0.39, 0.29) is 12.0 Å². The number of thiophene rings is 1. The Morgan fingerprint density at radius 3 is 2.87 bits per heavy atom. The minimum atomic E-state index is 0.136. The summed E-state index contributed by atoms with van der Waals surface area (Å²) in [6.45, 7) is 2.08. The van der Waals surface area contributed by atoms with Crippen LogP contribution in [0.4, 0.5) is 0 Å². The zero-order valence-electron chi connectivity index (χ0n) is 16.6. The number of carbonyl (C=O) groups excluding carboxylic acids is 1. The quantitative estimate of drug-likeness (QED) is 0.464. The molecule has 0 N–H and O–H groups in total. The van der Waals surface area contributed by atoms with Gasteiger partial charge in [-0.2, -0.15) is 4.98 Å². The molecule has 0 radical (unpaired) electrons. The molecule has 3 aromatic rings. The third-order valence-electron chi connectivity index (χ3n) is 5.08. The number of aryl methyl sites for hydroxylation is 1. The fourth-order valence-electron chi connectivity index (χ4n) is 3.50. The van der Waals surface area contributed by atoms with E-state index in [1.54, 1.807) is 23.5 Å². The fraction of sp³-hybridized carbons (Fsp3) is 0.409. The maximum atomic E-state index is 12.9. The molecule has 0 spiro atoms. The molecule has 1 aliphatic rings. The highest BCUT2D eigenvalue weighted by Crippen LogP contribution is 2.20. The lowest BCUT2D eigenvalue weighted by atomic mass is 10.2. The van der Waals surface area contributed by atoms with E-state index in [9.17, 15) is 4.79 Å². The first-order valence-corrected chi connectivity index (χ1v) is 11.4. The van der Waals surface area contributed by atoms with Gasteiger partial charge >= 0.3 is 0 Å². The molecule has 158 valence electrons. The Hall–Kier alpha value is -2.22. The molecule has 8 heteroatoms. The van der Waals surface area contributed by atoms with Crippen molar-refractivity contribution in [2.45, 2.75) is 44.8 Å². The summed E-state index contributed by atoms with van der Waals surface area (Å²) in [6, 6.07) is 11.4. The fourth-order valence-corrected chi connectivity index (χ4v) is 4.35. The minimum absolute atomic E-state index is 0.136. The zero-order valence-corrected chi connectivity index (χ0v) is 18.2. The highest BCUT2D eigenvalue weighted by molar-refractivity contribution is 7.09. The SMILES string of the molecule is O=C(CCCc1nc(-c2ccc(Cl)cc2)no1)N(Cc1cccs1)CC1CCCO1. The van der Waals surface area contributed by atoms with Gasteiger partial charge in [-0.1, -0.05) is 22.8 Å². The number of carbonyl (C=O) groups is 1. The van der Waals surface area contributed by atoms with E-state index in [0.717, 1.165) is 25.0 Å². The van der Waals surface area contributed by atoms with Crippen molar-refractivity contribution >= 4 is 28.8 Å². The van der Waals surface area contributed by atoms with Crippen LogP contribution >= 0.6 is 22.9 Å². The van der Waals surface area contributed by atoms with Crippen molar-refractivity contribution in [3.63, 3.8) is 0 Å². The Morgan fingerprint density at radius 2 is 2.13 bits per heavy atom. The molecule has 1 aromatic carbocycles. The number of amides is 1. The Labute approximate surface area is 184 Å². The Kier molecular flexibility index (Phi) is 7.15.